The number of nitrogens with two attached hydrogens (primary N) is 1. The molecule has 1 rings (SSSR count). The first-order valence-electron chi connectivity index (χ1n) is 5.08. The molecule has 0 saturated carbocycles. The lowest BCUT2D eigenvalue weighted by Gasteiger charge is -2.12. The molecule has 0 aliphatic heterocycles. The topological polar surface area (TPSA) is 46.2 Å². The van der Waals surface area contributed by atoms with Crippen LogP contribution in [0.3, 0.4) is 0 Å². The third-order valence-electron chi connectivity index (χ3n) is 2.63. The van der Waals surface area contributed by atoms with Gasteiger partial charge in [0.05, 0.1) is 0 Å². The van der Waals surface area contributed by atoms with Gasteiger partial charge in [0.2, 0.25) is 0 Å². The predicted molar refractivity (Wildman–Crippen MR) is 59.2 cm³/mol. The average molecular weight is 193 g/mol. The van der Waals surface area contributed by atoms with Gasteiger partial charge in [-0.2, -0.15) is 0 Å². The summed E-state index contributed by atoms with van der Waals surface area (Å²) in [4.78, 5) is 0. The van der Waals surface area contributed by atoms with E-state index in [0.29, 0.717) is 0 Å². The summed E-state index contributed by atoms with van der Waals surface area (Å²) in [5.41, 5.74) is 9.73. The van der Waals surface area contributed by atoms with Crippen molar-refractivity contribution in [2.24, 2.45) is 5.73 Å². The SMILES string of the molecule is Cc1ccc(C(N)CCCO)cc1C. The minimum absolute atomic E-state index is 0.0569. The minimum atomic E-state index is 0.0569. The summed E-state index contributed by atoms with van der Waals surface area (Å²) in [6.45, 7) is 4.41. The van der Waals surface area contributed by atoms with E-state index in [4.69, 9.17) is 10.8 Å². The smallest absolute Gasteiger partial charge is 0.0431 e. The lowest BCUT2D eigenvalue weighted by atomic mass is 9.99. The van der Waals surface area contributed by atoms with Crippen LogP contribution in [0, 0.1) is 13.8 Å². The molecule has 1 aromatic carbocycles. The van der Waals surface area contributed by atoms with E-state index in [-0.39, 0.29) is 12.6 Å². The number of aryl methyl sites for hydroxylation is 2. The zero-order chi connectivity index (χ0) is 10.6. The largest absolute Gasteiger partial charge is 0.396 e. The van der Waals surface area contributed by atoms with E-state index in [2.05, 4.69) is 32.0 Å². The van der Waals surface area contributed by atoms with Crippen LogP contribution in [0.25, 0.3) is 0 Å². The van der Waals surface area contributed by atoms with Gasteiger partial charge >= 0.3 is 0 Å². The van der Waals surface area contributed by atoms with E-state index in [1.165, 1.54) is 16.7 Å². The third kappa shape index (κ3) is 2.82. The molecular weight excluding hydrogens is 174 g/mol. The van der Waals surface area contributed by atoms with Gasteiger partial charge in [0, 0.05) is 12.6 Å². The molecule has 1 aromatic rings. The van der Waals surface area contributed by atoms with Crippen molar-refractivity contribution in [3.05, 3.63) is 34.9 Å². The van der Waals surface area contributed by atoms with Gasteiger partial charge in [-0.05, 0) is 43.4 Å². The highest BCUT2D eigenvalue weighted by Crippen LogP contribution is 2.18. The molecule has 1 atom stereocenters. The molecule has 0 spiro atoms. The van der Waals surface area contributed by atoms with Crippen LogP contribution in [-0.4, -0.2) is 11.7 Å². The zero-order valence-electron chi connectivity index (χ0n) is 8.96. The van der Waals surface area contributed by atoms with Crippen LogP contribution in [0.5, 0.6) is 0 Å². The molecule has 2 heteroatoms. The van der Waals surface area contributed by atoms with Crippen molar-refractivity contribution >= 4 is 0 Å². The lowest BCUT2D eigenvalue weighted by Crippen LogP contribution is -2.11. The molecule has 3 N–H and O–H groups in total. The molecule has 0 aliphatic carbocycles. The van der Waals surface area contributed by atoms with Gasteiger partial charge in [-0.3, -0.25) is 0 Å². The van der Waals surface area contributed by atoms with Crippen LogP contribution < -0.4 is 5.73 Å². The van der Waals surface area contributed by atoms with Gasteiger partial charge in [0.25, 0.3) is 0 Å². The summed E-state index contributed by atoms with van der Waals surface area (Å²) in [5.74, 6) is 0. The van der Waals surface area contributed by atoms with E-state index >= 15 is 0 Å². The van der Waals surface area contributed by atoms with E-state index in [9.17, 15) is 0 Å². The number of aliphatic hydroxyl groups is 1. The number of benzene rings is 1. The van der Waals surface area contributed by atoms with Gasteiger partial charge < -0.3 is 10.8 Å². The Bertz CT molecular complexity index is 296. The molecule has 0 heterocycles. The monoisotopic (exact) mass is 193 g/mol. The number of aliphatic hydroxyl groups excluding tert-OH is 1. The first kappa shape index (κ1) is 11.2. The Labute approximate surface area is 85.8 Å². The first-order chi connectivity index (χ1) is 6.65. The number of hydrogen-bond donors (Lipinski definition) is 2. The summed E-state index contributed by atoms with van der Waals surface area (Å²) in [6, 6.07) is 6.37. The molecule has 2 nitrogen and oxygen atoms in total. The van der Waals surface area contributed by atoms with Gasteiger partial charge in [-0.1, -0.05) is 18.2 Å². The van der Waals surface area contributed by atoms with Gasteiger partial charge in [-0.15, -0.1) is 0 Å². The number of rotatable bonds is 4. The lowest BCUT2D eigenvalue weighted by molar-refractivity contribution is 0.280. The van der Waals surface area contributed by atoms with Crippen molar-refractivity contribution in [3.8, 4) is 0 Å². The van der Waals surface area contributed by atoms with Crippen molar-refractivity contribution in [2.75, 3.05) is 6.61 Å². The third-order valence-corrected chi connectivity index (χ3v) is 2.63. The summed E-state index contributed by atoms with van der Waals surface area (Å²) in [6.07, 6.45) is 1.62. The molecule has 0 fully saturated rings. The van der Waals surface area contributed by atoms with Crippen LogP contribution in [-0.2, 0) is 0 Å². The van der Waals surface area contributed by atoms with E-state index in [1.54, 1.807) is 0 Å². The van der Waals surface area contributed by atoms with Gasteiger partial charge in [-0.25, -0.2) is 0 Å². The van der Waals surface area contributed by atoms with E-state index in [1.807, 2.05) is 0 Å². The summed E-state index contributed by atoms with van der Waals surface area (Å²) in [7, 11) is 0. The zero-order valence-corrected chi connectivity index (χ0v) is 8.96. The number of hydrogen-bond acceptors (Lipinski definition) is 2. The highest BCUT2D eigenvalue weighted by atomic mass is 16.2. The van der Waals surface area contributed by atoms with Gasteiger partial charge in [0.15, 0.2) is 0 Å². The normalized spacial score (nSPS) is 12.9. The molecule has 14 heavy (non-hydrogen) atoms. The Morgan fingerprint density at radius 3 is 2.57 bits per heavy atom. The summed E-state index contributed by atoms with van der Waals surface area (Å²) >= 11 is 0. The molecule has 0 saturated heterocycles. The second-order valence-corrected chi connectivity index (χ2v) is 3.82. The maximum absolute atomic E-state index is 8.71. The van der Waals surface area contributed by atoms with Crippen LogP contribution in [0.15, 0.2) is 18.2 Å². The molecule has 0 radical (unpaired) electrons. The predicted octanol–water partition coefficient (Wildman–Crippen LogP) is 2.08. The Morgan fingerprint density at radius 1 is 1.29 bits per heavy atom. The molecule has 0 bridgehead atoms. The second-order valence-electron chi connectivity index (χ2n) is 3.82. The Hall–Kier alpha value is -0.860. The molecule has 0 amide bonds. The molecule has 0 aliphatic rings. The van der Waals surface area contributed by atoms with Crippen molar-refractivity contribution < 1.29 is 5.11 Å². The summed E-state index contributed by atoms with van der Waals surface area (Å²) < 4.78 is 0. The van der Waals surface area contributed by atoms with Crippen LogP contribution in [0.2, 0.25) is 0 Å². The molecule has 1 unspecified atom stereocenters. The maximum Gasteiger partial charge on any atom is 0.0431 e. The molecule has 78 valence electrons. The quantitative estimate of drug-likeness (QED) is 0.769. The van der Waals surface area contributed by atoms with Crippen molar-refractivity contribution in [3.63, 3.8) is 0 Å². The highest BCUT2D eigenvalue weighted by molar-refractivity contribution is 5.31. The average Bonchev–Trinajstić information content (AvgIpc) is 2.18. The summed E-state index contributed by atoms with van der Waals surface area (Å²) in [5, 5.41) is 8.71. The van der Waals surface area contributed by atoms with Crippen molar-refractivity contribution in [1.29, 1.82) is 0 Å². The molecule has 0 aromatic heterocycles. The fourth-order valence-electron chi connectivity index (χ4n) is 1.47. The van der Waals surface area contributed by atoms with Crippen LogP contribution >= 0.6 is 0 Å². The van der Waals surface area contributed by atoms with Gasteiger partial charge in [0.1, 0.15) is 0 Å². The van der Waals surface area contributed by atoms with Crippen LogP contribution in [0.1, 0.15) is 35.6 Å². The maximum atomic E-state index is 8.71. The van der Waals surface area contributed by atoms with E-state index < -0.39 is 0 Å². The first-order valence-corrected chi connectivity index (χ1v) is 5.08. The van der Waals surface area contributed by atoms with Crippen molar-refractivity contribution in [1.82, 2.24) is 0 Å². The van der Waals surface area contributed by atoms with Crippen molar-refractivity contribution in [2.45, 2.75) is 32.7 Å². The highest BCUT2D eigenvalue weighted by Gasteiger charge is 2.05. The minimum Gasteiger partial charge on any atom is -0.396 e. The van der Waals surface area contributed by atoms with Crippen LogP contribution in [0.4, 0.5) is 0 Å². The Balaban J connectivity index is 2.70. The fourth-order valence-corrected chi connectivity index (χ4v) is 1.47. The standard InChI is InChI=1S/C12H19NO/c1-9-5-6-11(8-10(9)2)12(13)4-3-7-14/h5-6,8,12,14H,3-4,7,13H2,1-2H3. The second kappa shape index (κ2) is 5.13. The fraction of sp³-hybridized carbons (Fsp3) is 0.500. The van der Waals surface area contributed by atoms with E-state index in [0.717, 1.165) is 12.8 Å². The molecular formula is C12H19NO. The Kier molecular flexibility index (Phi) is 4.11. The Morgan fingerprint density at radius 2 is 2.00 bits per heavy atom.